The third-order valence-corrected chi connectivity index (χ3v) is 7.46. The molecule has 4 aromatic heterocycles. The van der Waals surface area contributed by atoms with Crippen LogP contribution in [0.1, 0.15) is 40.5 Å². The van der Waals surface area contributed by atoms with E-state index in [9.17, 15) is 14.7 Å². The molecule has 1 amide bonds. The van der Waals surface area contributed by atoms with Gasteiger partial charge in [-0.3, -0.25) is 14.6 Å². The normalized spacial score (nSPS) is 14.9. The largest absolute Gasteiger partial charge is 0.383 e. The second-order valence-electron chi connectivity index (χ2n) is 9.90. The van der Waals surface area contributed by atoms with Crippen LogP contribution in [0, 0.1) is 0 Å². The average molecular weight is 537 g/mol. The van der Waals surface area contributed by atoms with Crippen molar-refractivity contribution in [3.05, 3.63) is 84.3 Å². The molecule has 0 bridgehead atoms. The summed E-state index contributed by atoms with van der Waals surface area (Å²) in [6.07, 6.45) is 7.49. The Bertz CT molecular complexity index is 1640. The molecule has 1 atom stereocenters. The number of likely N-dealkylation sites (tertiary alicyclic amines) is 1. The summed E-state index contributed by atoms with van der Waals surface area (Å²) in [5.41, 5.74) is 12.0. The van der Waals surface area contributed by atoms with Crippen LogP contribution >= 0.6 is 0 Å². The summed E-state index contributed by atoms with van der Waals surface area (Å²) >= 11 is 0. The Morgan fingerprint density at radius 1 is 1.10 bits per heavy atom. The van der Waals surface area contributed by atoms with Crippen LogP contribution in [0.2, 0.25) is 0 Å². The molecule has 202 valence electrons. The van der Waals surface area contributed by atoms with Gasteiger partial charge in [-0.05, 0) is 18.9 Å². The van der Waals surface area contributed by atoms with E-state index in [2.05, 4.69) is 20.1 Å². The number of nitrogens with two attached hydrogens (primary N) is 1. The highest BCUT2D eigenvalue weighted by Gasteiger charge is 2.31. The Balaban J connectivity index is 1.24. The third kappa shape index (κ3) is 4.71. The van der Waals surface area contributed by atoms with E-state index >= 15 is 0 Å². The molecule has 11 heteroatoms. The first-order valence-electron chi connectivity index (χ1n) is 13.1. The molecule has 0 aliphatic carbocycles. The number of piperidine rings is 1. The fourth-order valence-corrected chi connectivity index (χ4v) is 5.29. The van der Waals surface area contributed by atoms with Gasteiger partial charge in [0.25, 0.3) is 5.91 Å². The van der Waals surface area contributed by atoms with E-state index in [0.717, 1.165) is 28.7 Å². The van der Waals surface area contributed by atoms with E-state index in [4.69, 9.17) is 10.7 Å². The zero-order valence-corrected chi connectivity index (χ0v) is 21.6. The first-order valence-corrected chi connectivity index (χ1v) is 13.1. The molecule has 1 saturated heterocycles. The number of benzene rings is 1. The number of rotatable bonds is 7. The van der Waals surface area contributed by atoms with Crippen molar-refractivity contribution in [3.63, 3.8) is 0 Å². The number of aromatic nitrogens is 6. The SMILES string of the molecule is Nc1c(C=O)c(C2CCN(C(=O)[C@@H](O)Cc3cnc[nH]3)CC2)nc2c(-c3ccc(-c4ccccc4)nc3)cnn12. The number of aromatic amines is 1. The zero-order chi connectivity index (χ0) is 27.6. The fourth-order valence-electron chi connectivity index (χ4n) is 5.29. The van der Waals surface area contributed by atoms with Gasteiger partial charge in [-0.2, -0.15) is 9.61 Å². The molecule has 0 radical (unpaired) electrons. The molecule has 40 heavy (non-hydrogen) atoms. The third-order valence-electron chi connectivity index (χ3n) is 7.46. The Morgan fingerprint density at radius 2 is 1.90 bits per heavy atom. The van der Waals surface area contributed by atoms with Gasteiger partial charge in [0.2, 0.25) is 0 Å². The number of hydrogen-bond donors (Lipinski definition) is 3. The maximum atomic E-state index is 12.8. The predicted octanol–water partition coefficient (Wildman–Crippen LogP) is 2.89. The number of aldehydes is 1. The van der Waals surface area contributed by atoms with Gasteiger partial charge in [-0.1, -0.05) is 36.4 Å². The quantitative estimate of drug-likeness (QED) is 0.268. The lowest BCUT2D eigenvalue weighted by molar-refractivity contribution is -0.141. The molecule has 0 saturated carbocycles. The van der Waals surface area contributed by atoms with Crippen LogP contribution in [0.5, 0.6) is 0 Å². The number of nitrogen functional groups attached to an aromatic ring is 1. The highest BCUT2D eigenvalue weighted by Crippen LogP contribution is 2.34. The van der Waals surface area contributed by atoms with E-state index in [-0.39, 0.29) is 24.1 Å². The minimum absolute atomic E-state index is 0.0809. The zero-order valence-electron chi connectivity index (χ0n) is 21.6. The molecule has 6 rings (SSSR count). The highest BCUT2D eigenvalue weighted by atomic mass is 16.3. The highest BCUT2D eigenvalue weighted by molar-refractivity contribution is 5.87. The fraction of sp³-hybridized carbons (Fsp3) is 0.241. The molecule has 1 aliphatic rings. The van der Waals surface area contributed by atoms with Crippen molar-refractivity contribution in [2.24, 2.45) is 0 Å². The van der Waals surface area contributed by atoms with Crippen LogP contribution in [-0.2, 0) is 11.2 Å². The molecular formula is C29H28N8O3. The summed E-state index contributed by atoms with van der Waals surface area (Å²) in [7, 11) is 0. The summed E-state index contributed by atoms with van der Waals surface area (Å²) in [4.78, 5) is 43.0. The number of carbonyl (C=O) groups is 2. The second kappa shape index (κ2) is 10.7. The second-order valence-corrected chi connectivity index (χ2v) is 9.90. The van der Waals surface area contributed by atoms with E-state index in [1.807, 2.05) is 42.5 Å². The molecule has 4 N–H and O–H groups in total. The Labute approximate surface area is 229 Å². The lowest BCUT2D eigenvalue weighted by atomic mass is 9.90. The van der Waals surface area contributed by atoms with Gasteiger partial charge in [0.05, 0.1) is 29.5 Å². The number of nitrogens with one attached hydrogen (secondary N) is 1. The molecule has 1 aliphatic heterocycles. The van der Waals surface area contributed by atoms with Gasteiger partial charge in [0, 0.05) is 60.2 Å². The van der Waals surface area contributed by atoms with Crippen LogP contribution in [0.4, 0.5) is 5.82 Å². The number of aliphatic hydroxyl groups is 1. The minimum atomic E-state index is -1.15. The van der Waals surface area contributed by atoms with Crippen molar-refractivity contribution in [2.75, 3.05) is 18.8 Å². The number of nitrogens with zero attached hydrogens (tertiary/aromatic N) is 6. The predicted molar refractivity (Wildman–Crippen MR) is 148 cm³/mol. The number of carbonyl (C=O) groups excluding carboxylic acids is 2. The Morgan fingerprint density at radius 3 is 2.58 bits per heavy atom. The van der Waals surface area contributed by atoms with Crippen molar-refractivity contribution in [1.82, 2.24) is 34.4 Å². The number of aliphatic hydroxyl groups excluding tert-OH is 1. The van der Waals surface area contributed by atoms with Gasteiger partial charge in [0.1, 0.15) is 11.9 Å². The molecule has 1 aromatic carbocycles. The van der Waals surface area contributed by atoms with Crippen molar-refractivity contribution in [1.29, 1.82) is 0 Å². The number of anilines is 1. The summed E-state index contributed by atoms with van der Waals surface area (Å²) < 4.78 is 1.48. The Hall–Kier alpha value is -4.90. The standard InChI is InChI=1S/C29H28N8O3/c30-27-23(16-38)26(19-8-10-36(11-9-19)29(40)25(39)12-21-14-31-17-33-21)35-28-22(15-34-37(27)28)20-6-7-24(32-13-20)18-4-2-1-3-5-18/h1-7,13-17,19,25,39H,8-12,30H2,(H,31,33)/t25-/m0/s1. The molecule has 1 fully saturated rings. The van der Waals surface area contributed by atoms with Crippen LogP contribution in [-0.4, -0.2) is 70.9 Å². The number of hydrogen-bond acceptors (Lipinski definition) is 8. The molecule has 5 aromatic rings. The molecule has 5 heterocycles. The number of pyridine rings is 1. The molecule has 11 nitrogen and oxygen atoms in total. The Kier molecular flexibility index (Phi) is 6.79. The van der Waals surface area contributed by atoms with Crippen molar-refractivity contribution in [2.45, 2.75) is 31.3 Å². The van der Waals surface area contributed by atoms with Crippen LogP contribution in [0.3, 0.4) is 0 Å². The maximum absolute atomic E-state index is 12.8. The van der Waals surface area contributed by atoms with Crippen LogP contribution in [0.15, 0.2) is 67.4 Å². The minimum Gasteiger partial charge on any atom is -0.383 e. The van der Waals surface area contributed by atoms with Crippen molar-refractivity contribution < 1.29 is 14.7 Å². The van der Waals surface area contributed by atoms with Gasteiger partial charge in [0.15, 0.2) is 11.9 Å². The number of fused-ring (bicyclic) bond motifs is 1. The number of H-pyrrole nitrogens is 1. The number of amides is 1. The van der Waals surface area contributed by atoms with Gasteiger partial charge >= 0.3 is 0 Å². The van der Waals surface area contributed by atoms with Gasteiger partial charge in [-0.15, -0.1) is 0 Å². The molecule has 0 spiro atoms. The van der Waals surface area contributed by atoms with E-state index in [1.165, 1.54) is 10.8 Å². The van der Waals surface area contributed by atoms with E-state index < -0.39 is 6.10 Å². The van der Waals surface area contributed by atoms with Crippen LogP contribution < -0.4 is 5.73 Å². The molecular weight excluding hydrogens is 508 g/mol. The van der Waals surface area contributed by atoms with E-state index in [1.54, 1.807) is 23.5 Å². The van der Waals surface area contributed by atoms with Crippen molar-refractivity contribution >= 4 is 23.7 Å². The first kappa shape index (κ1) is 25.4. The van der Waals surface area contributed by atoms with E-state index in [0.29, 0.717) is 48.5 Å². The maximum Gasteiger partial charge on any atom is 0.251 e. The lowest BCUT2D eigenvalue weighted by Gasteiger charge is -2.33. The lowest BCUT2D eigenvalue weighted by Crippen LogP contribution is -2.44. The first-order chi connectivity index (χ1) is 19.5. The summed E-state index contributed by atoms with van der Waals surface area (Å²) in [5, 5.41) is 14.8. The monoisotopic (exact) mass is 536 g/mol. The summed E-state index contributed by atoms with van der Waals surface area (Å²) in [6.45, 7) is 0.872. The topological polar surface area (TPSA) is 155 Å². The number of imidazole rings is 1. The smallest absolute Gasteiger partial charge is 0.251 e. The van der Waals surface area contributed by atoms with Crippen molar-refractivity contribution in [3.8, 4) is 22.4 Å². The van der Waals surface area contributed by atoms with Gasteiger partial charge < -0.3 is 20.7 Å². The average Bonchev–Trinajstić information content (AvgIpc) is 3.68. The van der Waals surface area contributed by atoms with Crippen LogP contribution in [0.25, 0.3) is 28.0 Å². The van der Waals surface area contributed by atoms with Gasteiger partial charge in [-0.25, -0.2) is 9.97 Å². The molecule has 0 unspecified atom stereocenters. The summed E-state index contributed by atoms with van der Waals surface area (Å²) in [5.74, 6) is -0.178. The summed E-state index contributed by atoms with van der Waals surface area (Å²) in [6, 6.07) is 13.8.